The van der Waals surface area contributed by atoms with Crippen molar-refractivity contribution in [3.8, 4) is 0 Å². The Morgan fingerprint density at radius 1 is 1.12 bits per heavy atom. The highest BCUT2D eigenvalue weighted by molar-refractivity contribution is 6.48. The number of carbonyl (C=O) groups excluding carboxylic acids is 1. The van der Waals surface area contributed by atoms with Crippen LogP contribution in [0.15, 0.2) is 0 Å². The minimum Gasteiger partial charge on any atom is -0.403 e. The van der Waals surface area contributed by atoms with Gasteiger partial charge in [0.2, 0.25) is 0 Å². The van der Waals surface area contributed by atoms with E-state index in [4.69, 9.17) is 9.31 Å². The second-order valence-electron chi connectivity index (χ2n) is 6.37. The quantitative estimate of drug-likeness (QED) is 0.520. The van der Waals surface area contributed by atoms with E-state index in [2.05, 4.69) is 27.7 Å². The molecule has 0 aromatic heterocycles. The van der Waals surface area contributed by atoms with Gasteiger partial charge in [-0.3, -0.25) is 4.79 Å². The molecule has 0 aromatic rings. The lowest BCUT2D eigenvalue weighted by atomic mass is 9.67. The Hall–Kier alpha value is -0.345. The van der Waals surface area contributed by atoms with E-state index < -0.39 is 0 Å². The van der Waals surface area contributed by atoms with Crippen molar-refractivity contribution in [2.24, 2.45) is 0 Å². The van der Waals surface area contributed by atoms with Crippen LogP contribution < -0.4 is 0 Å². The maximum atomic E-state index is 11.7. The number of ketones is 1. The molecule has 4 heteroatoms. The summed E-state index contributed by atoms with van der Waals surface area (Å²) in [6.07, 6.45) is 4.53. The molecule has 1 aliphatic carbocycles. The van der Waals surface area contributed by atoms with Gasteiger partial charge in [-0.15, -0.1) is 0 Å². The molecule has 1 saturated carbocycles. The summed E-state index contributed by atoms with van der Waals surface area (Å²) in [5.74, 6) is 0.605. The van der Waals surface area contributed by atoms with Crippen molar-refractivity contribution in [3.63, 3.8) is 0 Å². The zero-order valence-electron chi connectivity index (χ0n) is 11.4. The predicted octanol–water partition coefficient (Wildman–Crippen LogP) is 2.98. The van der Waals surface area contributed by atoms with Crippen LogP contribution in [0.5, 0.6) is 0 Å². The fourth-order valence-electron chi connectivity index (χ4n) is 2.54. The first kappa shape index (κ1) is 13.1. The molecule has 3 nitrogen and oxygen atoms in total. The molecule has 0 bridgehead atoms. The number of hydrogen-bond donors (Lipinski definition) is 0. The Morgan fingerprint density at radius 2 is 1.71 bits per heavy atom. The molecule has 1 aliphatic heterocycles. The highest BCUT2D eigenvalue weighted by Gasteiger charge is 2.53. The van der Waals surface area contributed by atoms with Gasteiger partial charge in [-0.2, -0.15) is 0 Å². The topological polar surface area (TPSA) is 35.5 Å². The lowest BCUT2D eigenvalue weighted by molar-refractivity contribution is -0.119. The van der Waals surface area contributed by atoms with Crippen molar-refractivity contribution in [3.05, 3.63) is 0 Å². The van der Waals surface area contributed by atoms with Crippen LogP contribution in [0.2, 0.25) is 5.82 Å². The molecule has 1 heterocycles. The second-order valence-corrected chi connectivity index (χ2v) is 6.37. The summed E-state index contributed by atoms with van der Waals surface area (Å²) < 4.78 is 12.1. The van der Waals surface area contributed by atoms with Crippen LogP contribution in [0.1, 0.15) is 59.8 Å². The highest BCUT2D eigenvalue weighted by atomic mass is 16.7. The van der Waals surface area contributed by atoms with Crippen LogP contribution in [0.3, 0.4) is 0 Å². The third-order valence-corrected chi connectivity index (χ3v) is 4.43. The van der Waals surface area contributed by atoms with Crippen LogP contribution in [-0.4, -0.2) is 24.1 Å². The van der Waals surface area contributed by atoms with E-state index in [1.165, 1.54) is 0 Å². The molecule has 17 heavy (non-hydrogen) atoms. The average molecular weight is 238 g/mol. The van der Waals surface area contributed by atoms with Crippen molar-refractivity contribution in [2.75, 3.05) is 0 Å². The minimum absolute atomic E-state index is 0.206. The normalized spacial score (nSPS) is 32.6. The molecule has 0 aromatic carbocycles. The van der Waals surface area contributed by atoms with E-state index in [0.717, 1.165) is 25.7 Å². The molecule has 0 N–H and O–H groups in total. The molecule has 96 valence electrons. The van der Waals surface area contributed by atoms with Gasteiger partial charge in [0, 0.05) is 18.7 Å². The van der Waals surface area contributed by atoms with E-state index in [0.29, 0.717) is 12.2 Å². The second kappa shape index (κ2) is 4.40. The first-order valence-electron chi connectivity index (χ1n) is 6.69. The summed E-state index contributed by atoms with van der Waals surface area (Å²) >= 11 is 0. The Bertz CT molecular complexity index is 296. The summed E-state index contributed by atoms with van der Waals surface area (Å²) in [5.41, 5.74) is -0.569. The Balaban J connectivity index is 2.06. The number of rotatable bonds is 1. The zero-order chi connectivity index (χ0) is 12.7. The molecule has 1 saturated heterocycles. The molecule has 0 amide bonds. The Morgan fingerprint density at radius 3 is 2.29 bits per heavy atom. The molecule has 0 spiro atoms. The SMILES string of the molecule is CC1(C)OB([C@@H]2CCCCC(=O)C2)OC1(C)C. The third kappa shape index (κ3) is 2.58. The molecule has 2 aliphatic rings. The van der Waals surface area contributed by atoms with Crippen molar-refractivity contribution in [2.45, 2.75) is 76.8 Å². The molecular formula is C13H23BO3. The van der Waals surface area contributed by atoms with Crippen molar-refractivity contribution >= 4 is 12.9 Å². The number of carbonyl (C=O) groups is 1. The van der Waals surface area contributed by atoms with Gasteiger partial charge in [0.25, 0.3) is 0 Å². The van der Waals surface area contributed by atoms with Gasteiger partial charge < -0.3 is 9.31 Å². The van der Waals surface area contributed by atoms with Gasteiger partial charge in [-0.25, -0.2) is 0 Å². The standard InChI is InChI=1S/C13H23BO3/c1-12(2)13(3,4)17-14(16-12)10-7-5-6-8-11(15)9-10/h10H,5-9H2,1-4H3/t10-/m1/s1. The van der Waals surface area contributed by atoms with Gasteiger partial charge in [0.05, 0.1) is 11.2 Å². The van der Waals surface area contributed by atoms with Crippen LogP contribution in [-0.2, 0) is 14.1 Å². The van der Waals surface area contributed by atoms with Gasteiger partial charge in [0.15, 0.2) is 0 Å². The van der Waals surface area contributed by atoms with E-state index >= 15 is 0 Å². The molecular weight excluding hydrogens is 215 g/mol. The van der Waals surface area contributed by atoms with Gasteiger partial charge in [-0.1, -0.05) is 12.8 Å². The fourth-order valence-corrected chi connectivity index (χ4v) is 2.54. The monoisotopic (exact) mass is 238 g/mol. The number of hydrogen-bond acceptors (Lipinski definition) is 3. The largest absolute Gasteiger partial charge is 0.461 e. The zero-order valence-corrected chi connectivity index (χ0v) is 11.4. The van der Waals surface area contributed by atoms with E-state index in [9.17, 15) is 4.79 Å². The summed E-state index contributed by atoms with van der Waals surface area (Å²) in [6.45, 7) is 8.24. The summed E-state index contributed by atoms with van der Waals surface area (Å²) in [7, 11) is -0.206. The highest BCUT2D eigenvalue weighted by Crippen LogP contribution is 2.42. The lowest BCUT2D eigenvalue weighted by Crippen LogP contribution is -2.41. The van der Waals surface area contributed by atoms with Gasteiger partial charge in [-0.05, 0) is 34.1 Å². The van der Waals surface area contributed by atoms with E-state index in [1.54, 1.807) is 0 Å². The van der Waals surface area contributed by atoms with E-state index in [-0.39, 0.29) is 24.1 Å². The number of Topliss-reactive ketones (excluding diaryl/α,β-unsaturated/α-hetero) is 1. The fraction of sp³-hybridized carbons (Fsp3) is 0.923. The Labute approximate surface area is 104 Å². The van der Waals surface area contributed by atoms with Crippen molar-refractivity contribution in [1.29, 1.82) is 0 Å². The Kier molecular flexibility index (Phi) is 3.39. The molecule has 0 radical (unpaired) electrons. The predicted molar refractivity (Wildman–Crippen MR) is 67.9 cm³/mol. The maximum absolute atomic E-state index is 11.7. The van der Waals surface area contributed by atoms with Crippen LogP contribution >= 0.6 is 0 Å². The first-order chi connectivity index (χ1) is 7.82. The van der Waals surface area contributed by atoms with Crippen LogP contribution in [0.25, 0.3) is 0 Å². The summed E-state index contributed by atoms with van der Waals surface area (Å²) in [5, 5.41) is 0. The maximum Gasteiger partial charge on any atom is 0.461 e. The molecule has 1 atom stereocenters. The lowest BCUT2D eigenvalue weighted by Gasteiger charge is -2.32. The summed E-state index contributed by atoms with van der Waals surface area (Å²) in [4.78, 5) is 11.7. The smallest absolute Gasteiger partial charge is 0.403 e. The molecule has 2 fully saturated rings. The van der Waals surface area contributed by atoms with Crippen molar-refractivity contribution in [1.82, 2.24) is 0 Å². The van der Waals surface area contributed by atoms with E-state index in [1.807, 2.05) is 0 Å². The van der Waals surface area contributed by atoms with Gasteiger partial charge in [0.1, 0.15) is 5.78 Å². The van der Waals surface area contributed by atoms with Crippen molar-refractivity contribution < 1.29 is 14.1 Å². The van der Waals surface area contributed by atoms with Gasteiger partial charge >= 0.3 is 7.12 Å². The minimum atomic E-state index is -0.285. The summed E-state index contributed by atoms with van der Waals surface area (Å²) in [6, 6.07) is 0. The van der Waals surface area contributed by atoms with Crippen LogP contribution in [0.4, 0.5) is 0 Å². The molecule has 2 rings (SSSR count). The third-order valence-electron chi connectivity index (χ3n) is 4.43. The first-order valence-corrected chi connectivity index (χ1v) is 6.69. The van der Waals surface area contributed by atoms with Crippen LogP contribution in [0, 0.1) is 0 Å². The molecule has 0 unspecified atom stereocenters. The average Bonchev–Trinajstić information content (AvgIpc) is 2.39.